The van der Waals surface area contributed by atoms with Crippen molar-refractivity contribution in [2.24, 2.45) is 0 Å². The van der Waals surface area contributed by atoms with E-state index in [4.69, 9.17) is 0 Å². The van der Waals surface area contributed by atoms with Gasteiger partial charge in [-0.15, -0.1) is 0 Å². The highest BCUT2D eigenvalue weighted by Crippen LogP contribution is 2.27. The quantitative estimate of drug-likeness (QED) is 0.818. The van der Waals surface area contributed by atoms with Crippen molar-refractivity contribution in [3.05, 3.63) is 35.6 Å². The van der Waals surface area contributed by atoms with Crippen LogP contribution in [0.3, 0.4) is 0 Å². The SMILES string of the molecule is CN1CCN(CCCN2CCCC2CC(O)c2ccc(F)cc2)CC1. The summed E-state index contributed by atoms with van der Waals surface area (Å²) in [6.07, 6.45) is 3.83. The molecule has 2 heterocycles. The molecule has 0 bridgehead atoms. The molecule has 3 rings (SSSR count). The molecule has 0 aliphatic carbocycles. The third-order valence-corrected chi connectivity index (χ3v) is 5.76. The first-order valence-corrected chi connectivity index (χ1v) is 9.70. The molecule has 5 heteroatoms. The lowest BCUT2D eigenvalue weighted by Crippen LogP contribution is -2.45. The number of piperazine rings is 1. The number of likely N-dealkylation sites (N-methyl/N-ethyl adjacent to an activating group) is 1. The van der Waals surface area contributed by atoms with Gasteiger partial charge in [-0.2, -0.15) is 0 Å². The summed E-state index contributed by atoms with van der Waals surface area (Å²) in [7, 11) is 2.19. The summed E-state index contributed by atoms with van der Waals surface area (Å²) in [5.74, 6) is -0.248. The highest BCUT2D eigenvalue weighted by Gasteiger charge is 2.27. The second-order valence-electron chi connectivity index (χ2n) is 7.63. The maximum Gasteiger partial charge on any atom is 0.123 e. The molecule has 0 amide bonds. The number of likely N-dealkylation sites (tertiary alicyclic amines) is 1. The topological polar surface area (TPSA) is 30.0 Å². The lowest BCUT2D eigenvalue weighted by atomic mass is 10.0. The van der Waals surface area contributed by atoms with Crippen LogP contribution >= 0.6 is 0 Å². The zero-order chi connectivity index (χ0) is 17.6. The van der Waals surface area contributed by atoms with Gasteiger partial charge in [0.1, 0.15) is 5.82 Å². The molecule has 2 unspecified atom stereocenters. The summed E-state index contributed by atoms with van der Waals surface area (Å²) in [4.78, 5) is 7.51. The molecule has 0 saturated carbocycles. The van der Waals surface area contributed by atoms with Gasteiger partial charge in [0.2, 0.25) is 0 Å². The van der Waals surface area contributed by atoms with Crippen LogP contribution in [0, 0.1) is 5.82 Å². The average molecular weight is 349 g/mol. The van der Waals surface area contributed by atoms with E-state index < -0.39 is 6.10 Å². The predicted octanol–water partition coefficient (Wildman–Crippen LogP) is 2.35. The average Bonchev–Trinajstić information content (AvgIpc) is 3.04. The van der Waals surface area contributed by atoms with Crippen molar-refractivity contribution < 1.29 is 9.50 Å². The van der Waals surface area contributed by atoms with E-state index in [2.05, 4.69) is 21.7 Å². The molecular weight excluding hydrogens is 317 g/mol. The van der Waals surface area contributed by atoms with Crippen molar-refractivity contribution in [2.75, 3.05) is 52.9 Å². The molecule has 0 spiro atoms. The Morgan fingerprint density at radius 2 is 1.80 bits per heavy atom. The fraction of sp³-hybridized carbons (Fsp3) is 0.700. The Labute approximate surface area is 151 Å². The van der Waals surface area contributed by atoms with Gasteiger partial charge in [-0.3, -0.25) is 0 Å². The summed E-state index contributed by atoms with van der Waals surface area (Å²) >= 11 is 0. The van der Waals surface area contributed by atoms with Gasteiger partial charge in [0, 0.05) is 32.2 Å². The Morgan fingerprint density at radius 1 is 1.08 bits per heavy atom. The molecule has 2 saturated heterocycles. The van der Waals surface area contributed by atoms with E-state index in [0.717, 1.165) is 31.5 Å². The van der Waals surface area contributed by atoms with Gasteiger partial charge in [-0.1, -0.05) is 12.1 Å². The number of rotatable bonds is 7. The van der Waals surface area contributed by atoms with E-state index in [9.17, 15) is 9.50 Å². The van der Waals surface area contributed by atoms with Gasteiger partial charge in [0.15, 0.2) is 0 Å². The van der Waals surface area contributed by atoms with Crippen molar-refractivity contribution in [3.63, 3.8) is 0 Å². The van der Waals surface area contributed by atoms with Crippen molar-refractivity contribution in [1.82, 2.24) is 14.7 Å². The highest BCUT2D eigenvalue weighted by molar-refractivity contribution is 5.18. The Bertz CT molecular complexity index is 516. The maximum absolute atomic E-state index is 13.0. The maximum atomic E-state index is 13.0. The first-order valence-electron chi connectivity index (χ1n) is 9.70. The van der Waals surface area contributed by atoms with E-state index in [1.54, 1.807) is 12.1 Å². The third kappa shape index (κ3) is 5.48. The zero-order valence-electron chi connectivity index (χ0n) is 15.4. The molecule has 2 atom stereocenters. The second kappa shape index (κ2) is 9.08. The summed E-state index contributed by atoms with van der Waals surface area (Å²) in [5.41, 5.74) is 0.825. The number of aliphatic hydroxyl groups excluding tert-OH is 1. The fourth-order valence-electron chi connectivity index (χ4n) is 4.10. The molecule has 140 valence electrons. The molecule has 1 N–H and O–H groups in total. The van der Waals surface area contributed by atoms with E-state index in [0.29, 0.717) is 6.04 Å². The number of hydrogen-bond acceptors (Lipinski definition) is 4. The first kappa shape index (κ1) is 18.8. The van der Waals surface area contributed by atoms with Crippen LogP contribution in [0.1, 0.15) is 37.4 Å². The molecular formula is C20H32FN3O. The van der Waals surface area contributed by atoms with E-state index in [1.807, 2.05) is 0 Å². The largest absolute Gasteiger partial charge is 0.388 e. The van der Waals surface area contributed by atoms with Gasteiger partial charge >= 0.3 is 0 Å². The van der Waals surface area contributed by atoms with Crippen molar-refractivity contribution in [1.29, 1.82) is 0 Å². The number of hydrogen-bond donors (Lipinski definition) is 1. The Hall–Kier alpha value is -1.01. The van der Waals surface area contributed by atoms with Gasteiger partial charge in [-0.25, -0.2) is 4.39 Å². The first-order chi connectivity index (χ1) is 12.1. The lowest BCUT2D eigenvalue weighted by Gasteiger charge is -2.33. The molecule has 0 aromatic heterocycles. The number of benzene rings is 1. The fourth-order valence-corrected chi connectivity index (χ4v) is 4.10. The normalized spacial score (nSPS) is 24.7. The molecule has 2 aliphatic heterocycles. The smallest absolute Gasteiger partial charge is 0.123 e. The molecule has 4 nitrogen and oxygen atoms in total. The van der Waals surface area contributed by atoms with Crippen LogP contribution in [0.25, 0.3) is 0 Å². The highest BCUT2D eigenvalue weighted by atomic mass is 19.1. The van der Waals surface area contributed by atoms with Crippen LogP contribution in [-0.2, 0) is 0 Å². The second-order valence-corrected chi connectivity index (χ2v) is 7.63. The third-order valence-electron chi connectivity index (χ3n) is 5.76. The van der Waals surface area contributed by atoms with E-state index >= 15 is 0 Å². The Kier molecular flexibility index (Phi) is 6.82. The minimum absolute atomic E-state index is 0.248. The number of halogens is 1. The van der Waals surface area contributed by atoms with Crippen LogP contribution in [-0.4, -0.2) is 78.7 Å². The molecule has 2 fully saturated rings. The van der Waals surface area contributed by atoms with Gasteiger partial charge < -0.3 is 19.8 Å². The molecule has 0 radical (unpaired) electrons. The Morgan fingerprint density at radius 3 is 2.52 bits per heavy atom. The molecule has 1 aromatic rings. The van der Waals surface area contributed by atoms with Crippen molar-refractivity contribution >= 4 is 0 Å². The minimum atomic E-state index is -0.496. The zero-order valence-corrected chi connectivity index (χ0v) is 15.4. The van der Waals surface area contributed by atoms with E-state index in [1.165, 1.54) is 57.7 Å². The van der Waals surface area contributed by atoms with Crippen LogP contribution < -0.4 is 0 Å². The van der Waals surface area contributed by atoms with Crippen LogP contribution in [0.15, 0.2) is 24.3 Å². The van der Waals surface area contributed by atoms with Crippen LogP contribution in [0.4, 0.5) is 4.39 Å². The number of nitrogens with zero attached hydrogens (tertiary/aromatic N) is 3. The predicted molar refractivity (Wildman–Crippen MR) is 99.1 cm³/mol. The standard InChI is InChI=1S/C20H32FN3O/c1-22-12-14-23(15-13-22)9-3-11-24-10-2-4-19(24)16-20(25)17-5-7-18(21)8-6-17/h5-8,19-20,25H,2-4,9-16H2,1H3. The molecule has 2 aliphatic rings. The van der Waals surface area contributed by atoms with E-state index in [-0.39, 0.29) is 5.82 Å². The van der Waals surface area contributed by atoms with Crippen molar-refractivity contribution in [3.8, 4) is 0 Å². The Balaban J connectivity index is 1.42. The minimum Gasteiger partial charge on any atom is -0.388 e. The monoisotopic (exact) mass is 349 g/mol. The number of aliphatic hydroxyl groups is 1. The molecule has 1 aromatic carbocycles. The van der Waals surface area contributed by atoms with Gasteiger partial charge in [0.25, 0.3) is 0 Å². The van der Waals surface area contributed by atoms with Crippen LogP contribution in [0.2, 0.25) is 0 Å². The lowest BCUT2D eigenvalue weighted by molar-refractivity contribution is 0.113. The molecule has 25 heavy (non-hydrogen) atoms. The van der Waals surface area contributed by atoms with Gasteiger partial charge in [-0.05, 0) is 70.1 Å². The summed E-state index contributed by atoms with van der Waals surface area (Å²) in [5, 5.41) is 10.5. The summed E-state index contributed by atoms with van der Waals surface area (Å²) in [6, 6.07) is 6.72. The summed E-state index contributed by atoms with van der Waals surface area (Å²) < 4.78 is 13.0. The van der Waals surface area contributed by atoms with Crippen molar-refractivity contribution in [2.45, 2.75) is 37.8 Å². The van der Waals surface area contributed by atoms with Crippen LogP contribution in [0.5, 0.6) is 0 Å². The van der Waals surface area contributed by atoms with Gasteiger partial charge in [0.05, 0.1) is 6.10 Å². The summed E-state index contributed by atoms with van der Waals surface area (Å²) in [6.45, 7) is 8.16.